The van der Waals surface area contributed by atoms with Gasteiger partial charge < -0.3 is 15.1 Å². The summed E-state index contributed by atoms with van der Waals surface area (Å²) in [5, 5.41) is 3.35. The van der Waals surface area contributed by atoms with E-state index in [4.69, 9.17) is 0 Å². The van der Waals surface area contributed by atoms with Gasteiger partial charge in [0, 0.05) is 32.4 Å². The minimum atomic E-state index is -0.430. The molecule has 5 heteroatoms. The van der Waals surface area contributed by atoms with Gasteiger partial charge in [-0.2, -0.15) is 0 Å². The maximum atomic E-state index is 12.1. The largest absolute Gasteiger partial charge is 0.336 e. The van der Waals surface area contributed by atoms with E-state index in [-0.39, 0.29) is 0 Å². The Hall–Kier alpha value is -1.88. The Bertz CT molecular complexity index is 538. The molecule has 20 heavy (non-hydrogen) atoms. The zero-order chi connectivity index (χ0) is 14.1. The first-order chi connectivity index (χ1) is 9.66. The van der Waals surface area contributed by atoms with Gasteiger partial charge in [-0.05, 0) is 36.6 Å². The fourth-order valence-corrected chi connectivity index (χ4v) is 2.86. The lowest BCUT2D eigenvalue weighted by molar-refractivity contribution is -0.145. The maximum Gasteiger partial charge on any atom is 0.316 e. The van der Waals surface area contributed by atoms with Crippen LogP contribution in [0.5, 0.6) is 0 Å². The summed E-state index contributed by atoms with van der Waals surface area (Å²) < 4.78 is 0. The lowest BCUT2D eigenvalue weighted by Crippen LogP contribution is -2.53. The molecule has 0 bridgehead atoms. The summed E-state index contributed by atoms with van der Waals surface area (Å²) in [6, 6.07) is 8.03. The number of hydrogen-bond acceptors (Lipinski definition) is 3. The standard InChI is InChI=1S/C15H19N3O2/c1-17-7-8-18(15(20)14(17)19)13-4-2-3-11(9-13)12-5-6-16-10-12/h2-4,9,12,16H,5-8,10H2,1H3. The van der Waals surface area contributed by atoms with Crippen LogP contribution in [-0.2, 0) is 9.59 Å². The summed E-state index contributed by atoms with van der Waals surface area (Å²) in [6.07, 6.45) is 1.12. The lowest BCUT2D eigenvalue weighted by Gasteiger charge is -2.31. The second-order valence-corrected chi connectivity index (χ2v) is 5.47. The topological polar surface area (TPSA) is 52.6 Å². The van der Waals surface area contributed by atoms with Crippen molar-refractivity contribution in [2.45, 2.75) is 12.3 Å². The lowest BCUT2D eigenvalue weighted by atomic mass is 9.97. The van der Waals surface area contributed by atoms with Crippen molar-refractivity contribution >= 4 is 17.5 Å². The zero-order valence-electron chi connectivity index (χ0n) is 11.6. The molecule has 2 saturated heterocycles. The van der Waals surface area contributed by atoms with Crippen molar-refractivity contribution < 1.29 is 9.59 Å². The molecule has 2 fully saturated rings. The number of amides is 2. The highest BCUT2D eigenvalue weighted by molar-refractivity contribution is 6.40. The summed E-state index contributed by atoms with van der Waals surface area (Å²) >= 11 is 0. The van der Waals surface area contributed by atoms with Gasteiger partial charge in [-0.15, -0.1) is 0 Å². The molecule has 1 aromatic carbocycles. The van der Waals surface area contributed by atoms with E-state index >= 15 is 0 Å². The minimum absolute atomic E-state index is 0.427. The Kier molecular flexibility index (Phi) is 3.44. The second-order valence-electron chi connectivity index (χ2n) is 5.47. The SMILES string of the molecule is CN1CCN(c2cccc(C3CCNC3)c2)C(=O)C1=O. The number of nitrogens with one attached hydrogen (secondary N) is 1. The van der Waals surface area contributed by atoms with Crippen molar-refractivity contribution in [3.63, 3.8) is 0 Å². The first-order valence-electron chi connectivity index (χ1n) is 7.04. The minimum Gasteiger partial charge on any atom is -0.336 e. The third-order valence-corrected chi connectivity index (χ3v) is 4.15. The highest BCUT2D eigenvalue weighted by Crippen LogP contribution is 2.27. The van der Waals surface area contributed by atoms with Crippen LogP contribution < -0.4 is 10.2 Å². The maximum absolute atomic E-state index is 12.1. The molecule has 0 saturated carbocycles. The van der Waals surface area contributed by atoms with E-state index in [2.05, 4.69) is 11.4 Å². The Labute approximate surface area is 118 Å². The molecule has 0 radical (unpaired) electrons. The van der Waals surface area contributed by atoms with Crippen LogP contribution in [0.15, 0.2) is 24.3 Å². The Balaban J connectivity index is 1.85. The average Bonchev–Trinajstić information content (AvgIpc) is 2.99. The number of likely N-dealkylation sites (N-methyl/N-ethyl adjacent to an activating group) is 1. The summed E-state index contributed by atoms with van der Waals surface area (Å²) in [4.78, 5) is 26.9. The van der Waals surface area contributed by atoms with E-state index in [0.717, 1.165) is 25.2 Å². The van der Waals surface area contributed by atoms with Crippen LogP contribution in [0.1, 0.15) is 17.9 Å². The molecule has 2 heterocycles. The van der Waals surface area contributed by atoms with Crippen molar-refractivity contribution in [3.8, 4) is 0 Å². The molecule has 0 aromatic heterocycles. The molecule has 1 atom stereocenters. The summed E-state index contributed by atoms with van der Waals surface area (Å²) in [7, 11) is 1.66. The smallest absolute Gasteiger partial charge is 0.316 e. The Morgan fingerprint density at radius 1 is 1.20 bits per heavy atom. The molecular weight excluding hydrogens is 254 g/mol. The predicted octanol–water partition coefficient (Wildman–Crippen LogP) is 0.569. The fourth-order valence-electron chi connectivity index (χ4n) is 2.86. The number of anilines is 1. The van der Waals surface area contributed by atoms with Gasteiger partial charge in [0.2, 0.25) is 0 Å². The molecule has 2 aliphatic rings. The number of carbonyl (C=O) groups is 2. The highest BCUT2D eigenvalue weighted by atomic mass is 16.2. The number of nitrogens with zero attached hydrogens (tertiary/aromatic N) is 2. The summed E-state index contributed by atoms with van der Waals surface area (Å²) in [5.41, 5.74) is 2.08. The van der Waals surface area contributed by atoms with Gasteiger partial charge >= 0.3 is 11.8 Å². The molecule has 0 aliphatic carbocycles. The van der Waals surface area contributed by atoms with E-state index in [9.17, 15) is 9.59 Å². The van der Waals surface area contributed by atoms with E-state index in [1.54, 1.807) is 11.9 Å². The van der Waals surface area contributed by atoms with Crippen LogP contribution in [-0.4, -0.2) is 49.9 Å². The molecule has 1 unspecified atom stereocenters. The predicted molar refractivity (Wildman–Crippen MR) is 76.7 cm³/mol. The number of benzene rings is 1. The molecule has 0 spiro atoms. The molecule has 2 aliphatic heterocycles. The third kappa shape index (κ3) is 2.29. The normalized spacial score (nSPS) is 23.6. The van der Waals surface area contributed by atoms with Crippen LogP contribution in [0.2, 0.25) is 0 Å². The van der Waals surface area contributed by atoms with Crippen molar-refractivity contribution in [3.05, 3.63) is 29.8 Å². The van der Waals surface area contributed by atoms with Crippen LogP contribution in [0.3, 0.4) is 0 Å². The highest BCUT2D eigenvalue weighted by Gasteiger charge is 2.31. The fraction of sp³-hybridized carbons (Fsp3) is 0.467. The van der Waals surface area contributed by atoms with Crippen molar-refractivity contribution in [1.82, 2.24) is 10.2 Å². The number of carbonyl (C=O) groups excluding carboxylic acids is 2. The van der Waals surface area contributed by atoms with Gasteiger partial charge in [0.05, 0.1) is 0 Å². The van der Waals surface area contributed by atoms with Gasteiger partial charge in [0.1, 0.15) is 0 Å². The molecule has 5 nitrogen and oxygen atoms in total. The monoisotopic (exact) mass is 273 g/mol. The van der Waals surface area contributed by atoms with E-state index < -0.39 is 11.8 Å². The van der Waals surface area contributed by atoms with Crippen LogP contribution in [0.4, 0.5) is 5.69 Å². The molecule has 1 aromatic rings. The first-order valence-corrected chi connectivity index (χ1v) is 7.04. The zero-order valence-corrected chi connectivity index (χ0v) is 11.6. The Morgan fingerprint density at radius 2 is 2.05 bits per heavy atom. The van der Waals surface area contributed by atoms with Crippen molar-refractivity contribution in [2.24, 2.45) is 0 Å². The summed E-state index contributed by atoms with van der Waals surface area (Å²) in [6.45, 7) is 3.17. The first kappa shape index (κ1) is 13.1. The van der Waals surface area contributed by atoms with E-state index in [0.29, 0.717) is 19.0 Å². The van der Waals surface area contributed by atoms with Crippen molar-refractivity contribution in [1.29, 1.82) is 0 Å². The third-order valence-electron chi connectivity index (χ3n) is 4.15. The van der Waals surface area contributed by atoms with Gasteiger partial charge in [-0.3, -0.25) is 9.59 Å². The van der Waals surface area contributed by atoms with E-state index in [1.165, 1.54) is 10.5 Å². The van der Waals surface area contributed by atoms with Gasteiger partial charge in [-0.1, -0.05) is 12.1 Å². The number of piperazine rings is 1. The summed E-state index contributed by atoms with van der Waals surface area (Å²) in [5.74, 6) is -0.349. The van der Waals surface area contributed by atoms with Crippen molar-refractivity contribution in [2.75, 3.05) is 38.1 Å². The molecule has 2 amide bonds. The van der Waals surface area contributed by atoms with Crippen LogP contribution in [0.25, 0.3) is 0 Å². The molecule has 3 rings (SSSR count). The number of rotatable bonds is 2. The van der Waals surface area contributed by atoms with Crippen LogP contribution in [0, 0.1) is 0 Å². The second kappa shape index (κ2) is 5.25. The molecule has 106 valence electrons. The quantitative estimate of drug-likeness (QED) is 0.802. The molecule has 1 N–H and O–H groups in total. The Morgan fingerprint density at radius 3 is 2.80 bits per heavy atom. The van der Waals surface area contributed by atoms with Crippen LogP contribution >= 0.6 is 0 Å². The average molecular weight is 273 g/mol. The van der Waals surface area contributed by atoms with Gasteiger partial charge in [-0.25, -0.2) is 0 Å². The van der Waals surface area contributed by atoms with E-state index in [1.807, 2.05) is 18.2 Å². The molecular formula is C15H19N3O2. The van der Waals surface area contributed by atoms with Gasteiger partial charge in [0.25, 0.3) is 0 Å². The van der Waals surface area contributed by atoms with Gasteiger partial charge in [0.15, 0.2) is 0 Å². The number of hydrogen-bond donors (Lipinski definition) is 1.